The molecule has 0 aliphatic heterocycles. The predicted molar refractivity (Wildman–Crippen MR) is 74.2 cm³/mol. The fraction of sp³-hybridized carbons (Fsp3) is 0.615. The number of halogens is 1. The maximum atomic E-state index is 5.01. The van der Waals surface area contributed by atoms with Crippen molar-refractivity contribution in [1.82, 2.24) is 10.3 Å². The summed E-state index contributed by atoms with van der Waals surface area (Å²) in [6.07, 6.45) is 4.76. The molecule has 1 aromatic rings. The van der Waals surface area contributed by atoms with Crippen LogP contribution < -0.4 is 5.32 Å². The molecule has 0 saturated carbocycles. The van der Waals surface area contributed by atoms with E-state index in [4.69, 9.17) is 4.74 Å². The molecule has 0 bridgehead atoms. The first-order chi connectivity index (χ1) is 8.03. The molecular weight excluding hydrogens is 280 g/mol. The maximum absolute atomic E-state index is 5.01. The van der Waals surface area contributed by atoms with E-state index < -0.39 is 0 Å². The highest BCUT2D eigenvalue weighted by Crippen LogP contribution is 2.22. The third kappa shape index (κ3) is 6.15. The van der Waals surface area contributed by atoms with E-state index in [2.05, 4.69) is 46.1 Å². The van der Waals surface area contributed by atoms with Crippen molar-refractivity contribution in [2.45, 2.75) is 20.3 Å². The van der Waals surface area contributed by atoms with Crippen LogP contribution in [0.3, 0.4) is 0 Å². The molecule has 1 rings (SSSR count). The topological polar surface area (TPSA) is 34.1 Å². The van der Waals surface area contributed by atoms with Crippen molar-refractivity contribution in [3.8, 4) is 0 Å². The Morgan fingerprint density at radius 3 is 2.82 bits per heavy atom. The van der Waals surface area contributed by atoms with E-state index in [-0.39, 0.29) is 5.41 Å². The van der Waals surface area contributed by atoms with Gasteiger partial charge in [0.2, 0.25) is 0 Å². The number of pyridine rings is 1. The average molecular weight is 301 g/mol. The largest absolute Gasteiger partial charge is 0.383 e. The second-order valence-corrected chi connectivity index (χ2v) is 5.94. The fourth-order valence-corrected chi connectivity index (χ4v) is 2.18. The lowest BCUT2D eigenvalue weighted by Crippen LogP contribution is -2.33. The van der Waals surface area contributed by atoms with Gasteiger partial charge in [-0.3, -0.25) is 4.98 Å². The number of hydrogen-bond acceptors (Lipinski definition) is 3. The minimum atomic E-state index is 0.218. The second kappa shape index (κ2) is 7.09. The van der Waals surface area contributed by atoms with E-state index >= 15 is 0 Å². The molecule has 0 spiro atoms. The molecular formula is C13H21BrN2O. The Bertz CT molecular complexity index is 342. The zero-order valence-electron chi connectivity index (χ0n) is 10.8. The van der Waals surface area contributed by atoms with Crippen molar-refractivity contribution < 1.29 is 4.74 Å². The number of nitrogens with zero attached hydrogens (tertiary/aromatic N) is 1. The van der Waals surface area contributed by atoms with E-state index in [9.17, 15) is 0 Å². The van der Waals surface area contributed by atoms with Crippen LogP contribution in [0.4, 0.5) is 0 Å². The molecule has 3 nitrogen and oxygen atoms in total. The summed E-state index contributed by atoms with van der Waals surface area (Å²) in [6.45, 7) is 7.15. The molecule has 1 N–H and O–H groups in total. The van der Waals surface area contributed by atoms with Crippen LogP contribution in [0, 0.1) is 5.41 Å². The molecule has 0 fully saturated rings. The van der Waals surface area contributed by atoms with Gasteiger partial charge in [0.15, 0.2) is 0 Å². The Balaban J connectivity index is 2.42. The summed E-state index contributed by atoms with van der Waals surface area (Å²) >= 11 is 3.45. The van der Waals surface area contributed by atoms with Crippen molar-refractivity contribution in [2.75, 3.05) is 26.8 Å². The van der Waals surface area contributed by atoms with E-state index in [1.54, 1.807) is 7.11 Å². The van der Waals surface area contributed by atoms with Crippen LogP contribution in [0.5, 0.6) is 0 Å². The van der Waals surface area contributed by atoms with E-state index in [0.717, 1.165) is 30.6 Å². The van der Waals surface area contributed by atoms with Crippen LogP contribution in [0.15, 0.2) is 22.9 Å². The lowest BCUT2D eigenvalue weighted by molar-refractivity contribution is 0.194. The van der Waals surface area contributed by atoms with Gasteiger partial charge in [-0.1, -0.05) is 13.8 Å². The number of hydrogen-bond donors (Lipinski definition) is 1. The summed E-state index contributed by atoms with van der Waals surface area (Å²) in [4.78, 5) is 4.19. The van der Waals surface area contributed by atoms with Gasteiger partial charge in [0.25, 0.3) is 0 Å². The van der Waals surface area contributed by atoms with Crippen molar-refractivity contribution in [3.63, 3.8) is 0 Å². The molecule has 0 radical (unpaired) electrons. The molecule has 0 atom stereocenters. The van der Waals surface area contributed by atoms with Crippen LogP contribution in [-0.2, 0) is 11.2 Å². The van der Waals surface area contributed by atoms with Gasteiger partial charge in [0, 0.05) is 37.1 Å². The summed E-state index contributed by atoms with van der Waals surface area (Å²) < 4.78 is 6.05. The van der Waals surface area contributed by atoms with Crippen LogP contribution in [0.2, 0.25) is 0 Å². The van der Waals surface area contributed by atoms with Gasteiger partial charge in [-0.15, -0.1) is 0 Å². The van der Waals surface area contributed by atoms with Crippen molar-refractivity contribution >= 4 is 15.9 Å². The first-order valence-electron chi connectivity index (χ1n) is 5.82. The van der Waals surface area contributed by atoms with Crippen molar-refractivity contribution in [3.05, 3.63) is 28.5 Å². The molecule has 0 saturated heterocycles. The normalized spacial score (nSPS) is 11.8. The van der Waals surface area contributed by atoms with Gasteiger partial charge in [0.1, 0.15) is 0 Å². The van der Waals surface area contributed by atoms with Gasteiger partial charge in [-0.2, -0.15) is 0 Å². The van der Waals surface area contributed by atoms with Crippen LogP contribution in [-0.4, -0.2) is 31.8 Å². The summed E-state index contributed by atoms with van der Waals surface area (Å²) in [7, 11) is 1.72. The standard InChI is InChI=1S/C13H21BrN2O/c1-13(2,10-15-4-5-17-3)7-11-6-12(14)9-16-8-11/h6,8-9,15H,4-5,7,10H2,1-3H3. The molecule has 96 valence electrons. The van der Waals surface area contributed by atoms with Gasteiger partial charge < -0.3 is 10.1 Å². The van der Waals surface area contributed by atoms with Crippen molar-refractivity contribution in [1.29, 1.82) is 0 Å². The first kappa shape index (κ1) is 14.6. The Hall–Kier alpha value is -0.450. The monoisotopic (exact) mass is 300 g/mol. The minimum absolute atomic E-state index is 0.218. The number of ether oxygens (including phenoxy) is 1. The molecule has 17 heavy (non-hydrogen) atoms. The van der Waals surface area contributed by atoms with Gasteiger partial charge in [-0.05, 0) is 39.4 Å². The highest BCUT2D eigenvalue weighted by molar-refractivity contribution is 9.10. The summed E-state index contributed by atoms with van der Waals surface area (Å²) in [5, 5.41) is 3.40. The minimum Gasteiger partial charge on any atom is -0.383 e. The van der Waals surface area contributed by atoms with Crippen molar-refractivity contribution in [2.24, 2.45) is 5.41 Å². The van der Waals surface area contributed by atoms with E-state index in [1.807, 2.05) is 12.4 Å². The SMILES string of the molecule is COCCNCC(C)(C)Cc1cncc(Br)c1. The molecule has 1 aromatic heterocycles. The fourth-order valence-electron chi connectivity index (χ4n) is 1.77. The quantitative estimate of drug-likeness (QED) is 0.786. The highest BCUT2D eigenvalue weighted by atomic mass is 79.9. The Labute approximate surface area is 112 Å². The molecule has 4 heteroatoms. The molecule has 1 heterocycles. The van der Waals surface area contributed by atoms with E-state index in [0.29, 0.717) is 0 Å². The average Bonchev–Trinajstić information content (AvgIpc) is 2.24. The molecule has 0 aliphatic rings. The van der Waals surface area contributed by atoms with Gasteiger partial charge in [0.05, 0.1) is 6.61 Å². The molecule has 0 aliphatic carbocycles. The van der Waals surface area contributed by atoms with Gasteiger partial charge >= 0.3 is 0 Å². The lowest BCUT2D eigenvalue weighted by Gasteiger charge is -2.25. The van der Waals surface area contributed by atoms with Crippen LogP contribution >= 0.6 is 15.9 Å². The molecule has 0 aromatic carbocycles. The third-order valence-corrected chi connectivity index (χ3v) is 2.96. The lowest BCUT2D eigenvalue weighted by atomic mass is 9.86. The van der Waals surface area contributed by atoms with Gasteiger partial charge in [-0.25, -0.2) is 0 Å². The zero-order chi connectivity index (χ0) is 12.7. The third-order valence-electron chi connectivity index (χ3n) is 2.53. The Kier molecular flexibility index (Phi) is 6.09. The van der Waals surface area contributed by atoms with Crippen LogP contribution in [0.1, 0.15) is 19.4 Å². The highest BCUT2D eigenvalue weighted by Gasteiger charge is 2.18. The first-order valence-corrected chi connectivity index (χ1v) is 6.62. The summed E-state index contributed by atoms with van der Waals surface area (Å²) in [5.41, 5.74) is 1.48. The maximum Gasteiger partial charge on any atom is 0.0587 e. The number of nitrogens with one attached hydrogen (secondary N) is 1. The number of methoxy groups -OCH3 is 1. The van der Waals surface area contributed by atoms with Crippen LogP contribution in [0.25, 0.3) is 0 Å². The predicted octanol–water partition coefficient (Wildman–Crippen LogP) is 2.65. The summed E-state index contributed by atoms with van der Waals surface area (Å²) in [6, 6.07) is 2.13. The van der Waals surface area contributed by atoms with E-state index in [1.165, 1.54) is 5.56 Å². The number of rotatable bonds is 7. The Morgan fingerprint density at radius 2 is 2.18 bits per heavy atom. The number of aromatic nitrogens is 1. The molecule has 0 amide bonds. The zero-order valence-corrected chi connectivity index (χ0v) is 12.4. The smallest absolute Gasteiger partial charge is 0.0587 e. The summed E-state index contributed by atoms with van der Waals surface area (Å²) in [5.74, 6) is 0. The Morgan fingerprint density at radius 1 is 1.41 bits per heavy atom. The molecule has 0 unspecified atom stereocenters. The second-order valence-electron chi connectivity index (χ2n) is 5.02.